The van der Waals surface area contributed by atoms with Crippen LogP contribution in [0.25, 0.3) is 52.2 Å². The molecule has 0 saturated carbocycles. The molecule has 0 saturated heterocycles. The number of thiophene rings is 2. The number of nitrogens with zero attached hydrogens (tertiary/aromatic N) is 6. The fourth-order valence-electron chi connectivity index (χ4n) is 5.48. The van der Waals surface area contributed by atoms with Crippen LogP contribution in [-0.2, 0) is 5.60 Å². The molecule has 14 heteroatoms. The first-order chi connectivity index (χ1) is 23.4. The average Bonchev–Trinajstić information content (AvgIpc) is 3.66. The molecular weight excluding hydrogens is 727 g/mol. The van der Waals surface area contributed by atoms with E-state index >= 15 is 0 Å². The van der Waals surface area contributed by atoms with Gasteiger partial charge in [0.25, 0.3) is 11.1 Å². The van der Waals surface area contributed by atoms with Crippen LogP contribution in [0.1, 0.15) is 51.5 Å². The Balaban J connectivity index is 0.000000190. The SMILES string of the molecule is C.C.CC(=O)c1ccnc2sc3c(=O)n(-c4ccc(Cl)cc4)cnc3c12.CC(C)(O)c1ccnc2sc3c(=O)n(-c4ccc(Cl)cc4)cnc3c12. The topological polar surface area (TPSA) is 133 Å². The highest BCUT2D eigenvalue weighted by atomic mass is 35.5. The van der Waals surface area contributed by atoms with Gasteiger partial charge in [-0.25, -0.2) is 19.9 Å². The minimum absolute atomic E-state index is 0. The highest BCUT2D eigenvalue weighted by Crippen LogP contribution is 2.36. The number of aliphatic hydroxyl groups is 1. The van der Waals surface area contributed by atoms with E-state index in [1.807, 2.05) is 0 Å². The Bertz CT molecular complexity index is 2700. The normalized spacial score (nSPS) is 11.3. The molecule has 0 bridgehead atoms. The van der Waals surface area contributed by atoms with Gasteiger partial charge in [-0.15, -0.1) is 22.7 Å². The van der Waals surface area contributed by atoms with Gasteiger partial charge in [0.1, 0.15) is 31.7 Å². The van der Waals surface area contributed by atoms with E-state index in [-0.39, 0.29) is 31.8 Å². The van der Waals surface area contributed by atoms with Crippen molar-refractivity contribution in [2.75, 3.05) is 0 Å². The minimum atomic E-state index is -1.05. The van der Waals surface area contributed by atoms with Gasteiger partial charge in [-0.2, -0.15) is 0 Å². The Morgan fingerprint density at radius 2 is 1.12 bits per heavy atom. The third kappa shape index (κ3) is 6.80. The van der Waals surface area contributed by atoms with Crippen molar-refractivity contribution in [2.24, 2.45) is 0 Å². The first-order valence-electron chi connectivity index (χ1n) is 14.8. The quantitative estimate of drug-likeness (QED) is 0.176. The van der Waals surface area contributed by atoms with Crippen molar-refractivity contribution in [3.8, 4) is 11.4 Å². The van der Waals surface area contributed by atoms with Crippen LogP contribution in [-0.4, -0.2) is 40.0 Å². The summed E-state index contributed by atoms with van der Waals surface area (Å²) in [5.74, 6) is -0.0780. The molecule has 0 aliphatic carbocycles. The van der Waals surface area contributed by atoms with Crippen molar-refractivity contribution in [1.82, 2.24) is 29.1 Å². The third-order valence-electron chi connectivity index (χ3n) is 7.81. The van der Waals surface area contributed by atoms with Gasteiger partial charge in [0.05, 0.1) is 28.0 Å². The highest BCUT2D eigenvalue weighted by molar-refractivity contribution is 7.25. The molecule has 260 valence electrons. The van der Waals surface area contributed by atoms with E-state index in [0.717, 1.165) is 5.39 Å². The molecule has 0 aliphatic heterocycles. The molecule has 0 fully saturated rings. The van der Waals surface area contributed by atoms with Crippen molar-refractivity contribution in [2.45, 2.75) is 41.2 Å². The smallest absolute Gasteiger partial charge is 0.275 e. The summed E-state index contributed by atoms with van der Waals surface area (Å²) in [7, 11) is 0. The highest BCUT2D eigenvalue weighted by Gasteiger charge is 2.24. The molecule has 2 aromatic carbocycles. The lowest BCUT2D eigenvalue weighted by Crippen LogP contribution is -2.18. The molecule has 6 aromatic heterocycles. The first kappa shape index (κ1) is 37.4. The molecule has 1 N–H and O–H groups in total. The average molecular weight is 760 g/mol. The summed E-state index contributed by atoms with van der Waals surface area (Å²) in [6, 6.07) is 17.4. The van der Waals surface area contributed by atoms with Crippen LogP contribution in [0.4, 0.5) is 0 Å². The van der Waals surface area contributed by atoms with Gasteiger partial charge < -0.3 is 5.11 Å². The van der Waals surface area contributed by atoms with Crippen molar-refractivity contribution < 1.29 is 9.90 Å². The van der Waals surface area contributed by atoms with E-state index in [2.05, 4.69) is 19.9 Å². The number of Topliss-reactive ketones (excluding diaryl/α,β-unsaturated/α-hetero) is 1. The molecule has 0 aliphatic rings. The number of hydrogen-bond donors (Lipinski definition) is 1. The summed E-state index contributed by atoms with van der Waals surface area (Å²) in [6.45, 7) is 4.91. The summed E-state index contributed by atoms with van der Waals surface area (Å²) in [6.07, 6.45) is 6.19. The van der Waals surface area contributed by atoms with Gasteiger partial charge in [0.2, 0.25) is 0 Å². The molecule has 0 atom stereocenters. The van der Waals surface area contributed by atoms with Crippen LogP contribution < -0.4 is 11.1 Å². The maximum absolute atomic E-state index is 13.0. The molecule has 0 amide bonds. The summed E-state index contributed by atoms with van der Waals surface area (Å²) in [4.78, 5) is 56.5. The molecular formula is C37H32Cl2N6O4S2. The first-order valence-corrected chi connectivity index (χ1v) is 17.1. The predicted molar refractivity (Wildman–Crippen MR) is 210 cm³/mol. The summed E-state index contributed by atoms with van der Waals surface area (Å²) in [5.41, 5.74) is 2.28. The number of benzene rings is 2. The second-order valence-electron chi connectivity index (χ2n) is 11.5. The van der Waals surface area contributed by atoms with E-state index in [1.54, 1.807) is 86.9 Å². The fraction of sp³-hybridized carbons (Fsp3) is 0.162. The lowest BCUT2D eigenvalue weighted by atomic mass is 9.96. The van der Waals surface area contributed by atoms with Crippen LogP contribution >= 0.6 is 45.9 Å². The van der Waals surface area contributed by atoms with Gasteiger partial charge in [0.15, 0.2) is 5.78 Å². The Hall–Kier alpha value is -4.85. The van der Waals surface area contributed by atoms with Crippen LogP contribution in [0.2, 0.25) is 10.0 Å². The standard InChI is InChI=1S/C18H14ClN3O2S.C17H10ClN3O2S.2CH4/c1-18(2,24)12-7-8-20-16-13(12)14-15(25-16)17(23)22(9-21-14)11-5-3-10(19)4-6-11;1-9(22)12-6-7-19-16-13(12)14-15(24-16)17(23)21(8-20-14)11-4-2-10(18)3-5-11;;/h3-9,24H,1-2H3;2-8H,1H3;2*1H4. The van der Waals surface area contributed by atoms with E-state index in [4.69, 9.17) is 23.2 Å². The molecule has 6 heterocycles. The number of aromatic nitrogens is 6. The summed E-state index contributed by atoms with van der Waals surface area (Å²) < 4.78 is 3.93. The zero-order valence-corrected chi connectivity index (χ0v) is 29.2. The fourth-order valence-corrected chi connectivity index (χ4v) is 7.84. The molecule has 51 heavy (non-hydrogen) atoms. The number of rotatable bonds is 4. The largest absolute Gasteiger partial charge is 0.386 e. The van der Waals surface area contributed by atoms with Crippen molar-refractivity contribution in [3.63, 3.8) is 0 Å². The zero-order chi connectivity index (χ0) is 34.6. The maximum Gasteiger partial charge on any atom is 0.275 e. The Morgan fingerprint density at radius 3 is 1.57 bits per heavy atom. The number of halogens is 2. The lowest BCUT2D eigenvalue weighted by Gasteiger charge is -2.18. The van der Waals surface area contributed by atoms with Gasteiger partial charge >= 0.3 is 0 Å². The van der Waals surface area contributed by atoms with Gasteiger partial charge in [-0.3, -0.25) is 23.5 Å². The lowest BCUT2D eigenvalue weighted by molar-refractivity contribution is 0.0802. The second-order valence-corrected chi connectivity index (χ2v) is 14.4. The Kier molecular flexibility index (Phi) is 10.6. The molecule has 0 spiro atoms. The molecule has 0 radical (unpaired) electrons. The van der Waals surface area contributed by atoms with Crippen LogP contribution in [0.5, 0.6) is 0 Å². The number of hydrogen-bond acceptors (Lipinski definition) is 10. The number of pyridine rings is 2. The van der Waals surface area contributed by atoms with E-state index < -0.39 is 5.60 Å². The van der Waals surface area contributed by atoms with Crippen LogP contribution in [0.15, 0.2) is 95.3 Å². The summed E-state index contributed by atoms with van der Waals surface area (Å²) in [5, 5.41) is 13.0. The zero-order valence-electron chi connectivity index (χ0n) is 26.0. The maximum atomic E-state index is 13.0. The molecule has 10 nitrogen and oxygen atoms in total. The van der Waals surface area contributed by atoms with E-state index in [0.29, 0.717) is 68.0 Å². The third-order valence-corrected chi connectivity index (χ3v) is 10.5. The number of carbonyl (C=O) groups is 1. The van der Waals surface area contributed by atoms with Gasteiger partial charge in [0, 0.05) is 38.8 Å². The van der Waals surface area contributed by atoms with Gasteiger partial charge in [-0.1, -0.05) is 38.1 Å². The molecule has 8 aromatic rings. The minimum Gasteiger partial charge on any atom is -0.386 e. The monoisotopic (exact) mass is 758 g/mol. The number of ketones is 1. The Morgan fingerprint density at radius 1 is 0.686 bits per heavy atom. The van der Waals surface area contributed by atoms with Crippen LogP contribution in [0, 0.1) is 0 Å². The van der Waals surface area contributed by atoms with Crippen molar-refractivity contribution in [3.05, 3.63) is 128 Å². The van der Waals surface area contributed by atoms with E-state index in [1.165, 1.54) is 51.4 Å². The van der Waals surface area contributed by atoms with E-state index in [9.17, 15) is 19.5 Å². The number of fused-ring (bicyclic) bond motifs is 6. The molecule has 0 unspecified atom stereocenters. The number of carbonyl (C=O) groups excluding carboxylic acids is 1. The van der Waals surface area contributed by atoms with Crippen LogP contribution in [0.3, 0.4) is 0 Å². The van der Waals surface area contributed by atoms with Gasteiger partial charge in [-0.05, 0) is 87.0 Å². The van der Waals surface area contributed by atoms with Crippen molar-refractivity contribution in [1.29, 1.82) is 0 Å². The Labute approximate surface area is 310 Å². The summed E-state index contributed by atoms with van der Waals surface area (Å²) >= 11 is 14.3. The second kappa shape index (κ2) is 14.4. The molecule has 8 rings (SSSR count). The van der Waals surface area contributed by atoms with Crippen molar-refractivity contribution >= 4 is 92.5 Å². The predicted octanol–water partition coefficient (Wildman–Crippen LogP) is 9.00.